The number of anilines is 1. The lowest BCUT2D eigenvalue weighted by Gasteiger charge is -2.11. The van der Waals surface area contributed by atoms with Gasteiger partial charge in [0.25, 0.3) is 5.91 Å². The van der Waals surface area contributed by atoms with Crippen molar-refractivity contribution in [3.63, 3.8) is 0 Å². The Bertz CT molecular complexity index is 904. The van der Waals surface area contributed by atoms with E-state index in [9.17, 15) is 14.4 Å². The lowest BCUT2D eigenvalue weighted by molar-refractivity contribution is -0.118. The van der Waals surface area contributed by atoms with Crippen molar-refractivity contribution in [3.05, 3.63) is 39.8 Å². The molecule has 0 saturated heterocycles. The van der Waals surface area contributed by atoms with Crippen LogP contribution in [0, 0.1) is 0 Å². The second-order valence-electron chi connectivity index (χ2n) is 6.15. The first kappa shape index (κ1) is 19.9. The molecule has 0 bridgehead atoms. The molecule has 1 aromatic heterocycles. The monoisotopic (exact) mass is 403 g/mol. The SMILES string of the molecule is CCOC(=O)c1c(NC(=O)COc2cc(C=O)ccc2OC)sc2c1CCC2. The van der Waals surface area contributed by atoms with Crippen LogP contribution in [0.2, 0.25) is 0 Å². The second-order valence-corrected chi connectivity index (χ2v) is 7.25. The Kier molecular flexibility index (Phi) is 6.30. The van der Waals surface area contributed by atoms with E-state index in [0.717, 1.165) is 29.7 Å². The molecule has 0 atom stereocenters. The number of hydrogen-bond acceptors (Lipinski definition) is 7. The van der Waals surface area contributed by atoms with Gasteiger partial charge in [-0.1, -0.05) is 0 Å². The molecular formula is C20H21NO6S. The quantitative estimate of drug-likeness (QED) is 0.537. The summed E-state index contributed by atoms with van der Waals surface area (Å²) in [5.41, 5.74) is 1.84. The van der Waals surface area contributed by atoms with E-state index in [-0.39, 0.29) is 13.2 Å². The molecule has 1 aliphatic carbocycles. The molecule has 8 heteroatoms. The van der Waals surface area contributed by atoms with Crippen LogP contribution in [0.1, 0.15) is 44.5 Å². The average Bonchev–Trinajstić information content (AvgIpc) is 3.26. The van der Waals surface area contributed by atoms with Crippen molar-refractivity contribution in [3.8, 4) is 11.5 Å². The molecule has 28 heavy (non-hydrogen) atoms. The van der Waals surface area contributed by atoms with Gasteiger partial charge in [-0.05, 0) is 49.9 Å². The van der Waals surface area contributed by atoms with E-state index in [1.165, 1.54) is 24.5 Å². The van der Waals surface area contributed by atoms with Crippen LogP contribution in [0.25, 0.3) is 0 Å². The maximum absolute atomic E-state index is 12.4. The predicted octanol–water partition coefficient (Wildman–Crippen LogP) is 3.25. The summed E-state index contributed by atoms with van der Waals surface area (Å²) in [7, 11) is 1.47. The summed E-state index contributed by atoms with van der Waals surface area (Å²) < 4.78 is 15.9. The summed E-state index contributed by atoms with van der Waals surface area (Å²) in [5.74, 6) is -0.121. The van der Waals surface area contributed by atoms with Gasteiger partial charge < -0.3 is 19.5 Å². The second kappa shape index (κ2) is 8.88. The largest absolute Gasteiger partial charge is 0.493 e. The molecule has 1 heterocycles. The van der Waals surface area contributed by atoms with Gasteiger partial charge in [0, 0.05) is 10.4 Å². The van der Waals surface area contributed by atoms with Crippen molar-refractivity contribution >= 4 is 34.5 Å². The normalized spacial score (nSPS) is 12.2. The Morgan fingerprint density at radius 2 is 2.07 bits per heavy atom. The van der Waals surface area contributed by atoms with Crippen LogP contribution in [0.5, 0.6) is 11.5 Å². The lowest BCUT2D eigenvalue weighted by Crippen LogP contribution is -2.21. The molecule has 0 unspecified atom stereocenters. The Hall–Kier alpha value is -2.87. The number of esters is 1. The predicted molar refractivity (Wildman–Crippen MR) is 105 cm³/mol. The molecule has 0 aliphatic heterocycles. The van der Waals surface area contributed by atoms with E-state index in [1.54, 1.807) is 19.1 Å². The van der Waals surface area contributed by atoms with E-state index < -0.39 is 11.9 Å². The van der Waals surface area contributed by atoms with Gasteiger partial charge in [0.05, 0.1) is 19.3 Å². The highest BCUT2D eigenvalue weighted by atomic mass is 32.1. The molecule has 3 rings (SSSR count). The van der Waals surface area contributed by atoms with Crippen LogP contribution in [0.4, 0.5) is 5.00 Å². The number of benzene rings is 1. The highest BCUT2D eigenvalue weighted by Crippen LogP contribution is 2.39. The number of aldehydes is 1. The van der Waals surface area contributed by atoms with Gasteiger partial charge in [-0.2, -0.15) is 0 Å². The highest BCUT2D eigenvalue weighted by Gasteiger charge is 2.28. The molecule has 0 saturated carbocycles. The molecule has 1 N–H and O–H groups in total. The molecule has 148 valence electrons. The fourth-order valence-corrected chi connectivity index (χ4v) is 4.39. The number of thiophene rings is 1. The zero-order chi connectivity index (χ0) is 20.1. The molecule has 0 spiro atoms. The van der Waals surface area contributed by atoms with Gasteiger partial charge in [0.1, 0.15) is 11.3 Å². The summed E-state index contributed by atoms with van der Waals surface area (Å²) in [6, 6.07) is 4.69. The molecule has 2 aromatic rings. The lowest BCUT2D eigenvalue weighted by atomic mass is 10.1. The number of nitrogens with one attached hydrogen (secondary N) is 1. The summed E-state index contributed by atoms with van der Waals surface area (Å²) in [6.07, 6.45) is 3.39. The number of carbonyl (C=O) groups is 3. The van der Waals surface area contributed by atoms with Crippen molar-refractivity contribution in [1.29, 1.82) is 0 Å². The number of methoxy groups -OCH3 is 1. The summed E-state index contributed by atoms with van der Waals surface area (Å²) in [4.78, 5) is 36.8. The third-order valence-corrected chi connectivity index (χ3v) is 5.54. The van der Waals surface area contributed by atoms with Gasteiger partial charge in [-0.3, -0.25) is 9.59 Å². The fourth-order valence-electron chi connectivity index (χ4n) is 3.10. The summed E-state index contributed by atoms with van der Waals surface area (Å²) >= 11 is 1.41. The van der Waals surface area contributed by atoms with Crippen LogP contribution in [-0.4, -0.2) is 38.5 Å². The molecule has 7 nitrogen and oxygen atoms in total. The standard InChI is InChI=1S/C20H21NO6S/c1-3-26-20(24)18-13-5-4-6-16(13)28-19(18)21-17(23)11-27-15-9-12(10-22)7-8-14(15)25-2/h7-10H,3-6,11H2,1-2H3,(H,21,23). The molecule has 0 radical (unpaired) electrons. The van der Waals surface area contributed by atoms with Gasteiger partial charge >= 0.3 is 5.97 Å². The van der Waals surface area contributed by atoms with Crippen molar-refractivity contribution in [1.82, 2.24) is 0 Å². The van der Waals surface area contributed by atoms with E-state index in [4.69, 9.17) is 14.2 Å². The topological polar surface area (TPSA) is 90.9 Å². The first-order valence-electron chi connectivity index (χ1n) is 8.94. The Morgan fingerprint density at radius 3 is 2.79 bits per heavy atom. The molecule has 1 aromatic carbocycles. The number of rotatable bonds is 8. The average molecular weight is 403 g/mol. The smallest absolute Gasteiger partial charge is 0.341 e. The minimum Gasteiger partial charge on any atom is -0.493 e. The van der Waals surface area contributed by atoms with Crippen LogP contribution in [0.15, 0.2) is 18.2 Å². The number of ether oxygens (including phenoxy) is 3. The Morgan fingerprint density at radius 1 is 1.25 bits per heavy atom. The minimum absolute atomic E-state index is 0.271. The van der Waals surface area contributed by atoms with Crippen molar-refractivity contribution < 1.29 is 28.6 Å². The van der Waals surface area contributed by atoms with Crippen molar-refractivity contribution in [2.45, 2.75) is 26.2 Å². The molecule has 0 fully saturated rings. The van der Waals surface area contributed by atoms with Gasteiger partial charge in [0.15, 0.2) is 18.1 Å². The van der Waals surface area contributed by atoms with Gasteiger partial charge in [-0.15, -0.1) is 11.3 Å². The minimum atomic E-state index is -0.418. The van der Waals surface area contributed by atoms with E-state index in [0.29, 0.717) is 33.9 Å². The van der Waals surface area contributed by atoms with Crippen molar-refractivity contribution in [2.75, 3.05) is 25.6 Å². The van der Waals surface area contributed by atoms with E-state index in [2.05, 4.69) is 5.32 Å². The van der Waals surface area contributed by atoms with Crippen LogP contribution < -0.4 is 14.8 Å². The van der Waals surface area contributed by atoms with Gasteiger partial charge in [0.2, 0.25) is 0 Å². The van der Waals surface area contributed by atoms with E-state index in [1.807, 2.05) is 0 Å². The Labute approximate surface area is 166 Å². The summed E-state index contributed by atoms with van der Waals surface area (Å²) in [6.45, 7) is 1.73. The maximum atomic E-state index is 12.4. The van der Waals surface area contributed by atoms with E-state index >= 15 is 0 Å². The number of aryl methyl sites for hydroxylation is 1. The fraction of sp³-hybridized carbons (Fsp3) is 0.350. The maximum Gasteiger partial charge on any atom is 0.341 e. The van der Waals surface area contributed by atoms with Crippen LogP contribution in [0.3, 0.4) is 0 Å². The first-order chi connectivity index (χ1) is 13.6. The zero-order valence-corrected chi connectivity index (χ0v) is 16.5. The number of carbonyl (C=O) groups excluding carboxylic acids is 3. The molecular weight excluding hydrogens is 382 g/mol. The Balaban J connectivity index is 1.72. The van der Waals surface area contributed by atoms with Crippen molar-refractivity contribution in [2.24, 2.45) is 0 Å². The summed E-state index contributed by atoms with van der Waals surface area (Å²) in [5, 5.41) is 3.25. The number of hydrogen-bond donors (Lipinski definition) is 1. The molecule has 1 aliphatic rings. The van der Waals surface area contributed by atoms with Crippen LogP contribution in [-0.2, 0) is 22.4 Å². The third kappa shape index (κ3) is 4.17. The highest BCUT2D eigenvalue weighted by molar-refractivity contribution is 7.17. The third-order valence-electron chi connectivity index (χ3n) is 4.34. The van der Waals surface area contributed by atoms with Crippen LogP contribution >= 0.6 is 11.3 Å². The number of amides is 1. The zero-order valence-electron chi connectivity index (χ0n) is 15.7. The first-order valence-corrected chi connectivity index (χ1v) is 9.76. The number of fused-ring (bicyclic) bond motifs is 1. The molecule has 1 amide bonds. The van der Waals surface area contributed by atoms with Gasteiger partial charge in [-0.25, -0.2) is 4.79 Å².